The van der Waals surface area contributed by atoms with Crippen molar-refractivity contribution in [1.82, 2.24) is 0 Å². The molecular weight excluding hydrogens is 321 g/mol. The molecule has 4 nitrogen and oxygen atoms in total. The summed E-state index contributed by atoms with van der Waals surface area (Å²) < 4.78 is 24.4. The lowest BCUT2D eigenvalue weighted by molar-refractivity contribution is 0.399. The van der Waals surface area contributed by atoms with Gasteiger partial charge in [0, 0.05) is 5.56 Å². The molecule has 1 aromatic heterocycles. The Morgan fingerprint density at radius 2 is 2.00 bits per heavy atom. The number of ether oxygens (including phenoxy) is 1. The van der Waals surface area contributed by atoms with Gasteiger partial charge in [0.25, 0.3) is 0 Å². The van der Waals surface area contributed by atoms with Crippen molar-refractivity contribution in [3.05, 3.63) is 57.0 Å². The van der Waals surface area contributed by atoms with Gasteiger partial charge >= 0.3 is 0 Å². The average Bonchev–Trinajstić information content (AvgIpc) is 2.50. The number of fused-ring (bicyclic) bond motifs is 1. The number of rotatable bonds is 2. The smallest absolute Gasteiger partial charge is 0.235 e. The summed E-state index contributed by atoms with van der Waals surface area (Å²) in [6, 6.07) is 7.41. The van der Waals surface area contributed by atoms with Crippen LogP contribution in [0.1, 0.15) is 5.56 Å². The second-order valence-corrected chi connectivity index (χ2v) is 5.56. The molecular formula is C17H13ClFNO3. The molecule has 0 radical (unpaired) electrons. The Kier molecular flexibility index (Phi) is 3.74. The van der Waals surface area contributed by atoms with Crippen LogP contribution in [0.15, 0.2) is 39.5 Å². The largest absolute Gasteiger partial charge is 0.490 e. The van der Waals surface area contributed by atoms with Gasteiger partial charge in [-0.05, 0) is 42.8 Å². The Hall–Kier alpha value is -2.53. The Morgan fingerprint density at radius 1 is 1.26 bits per heavy atom. The third kappa shape index (κ3) is 2.53. The standard InChI is InChI=1S/C17H13ClFNO3/c1-8-5-10-14(21)17(22-2)15(23-16(10)13(20)6-8)9-3-4-12(19)11(18)7-9/h3-7H,20H2,1-2H3. The van der Waals surface area contributed by atoms with E-state index < -0.39 is 5.82 Å². The number of halogens is 2. The molecule has 1 heterocycles. The molecule has 0 atom stereocenters. The Bertz CT molecular complexity index is 982. The van der Waals surface area contributed by atoms with E-state index in [1.807, 2.05) is 6.92 Å². The molecule has 2 N–H and O–H groups in total. The van der Waals surface area contributed by atoms with E-state index in [1.54, 1.807) is 12.1 Å². The predicted octanol–water partition coefficient (Wildman–Crippen LogP) is 4.15. The third-order valence-corrected chi connectivity index (χ3v) is 3.80. The zero-order valence-corrected chi connectivity index (χ0v) is 13.2. The molecule has 3 rings (SSSR count). The molecule has 0 bridgehead atoms. The van der Waals surface area contributed by atoms with Crippen LogP contribution in [0.25, 0.3) is 22.3 Å². The Labute approximate surface area is 136 Å². The molecule has 23 heavy (non-hydrogen) atoms. The molecule has 0 spiro atoms. The van der Waals surface area contributed by atoms with Crippen molar-refractivity contribution in [1.29, 1.82) is 0 Å². The highest BCUT2D eigenvalue weighted by Crippen LogP contribution is 2.34. The maximum Gasteiger partial charge on any atom is 0.235 e. The number of benzene rings is 2. The van der Waals surface area contributed by atoms with Gasteiger partial charge in [-0.15, -0.1) is 0 Å². The second-order valence-electron chi connectivity index (χ2n) is 5.15. The van der Waals surface area contributed by atoms with E-state index in [9.17, 15) is 9.18 Å². The van der Waals surface area contributed by atoms with Gasteiger partial charge < -0.3 is 14.9 Å². The third-order valence-electron chi connectivity index (χ3n) is 3.51. The van der Waals surface area contributed by atoms with Gasteiger partial charge in [-0.3, -0.25) is 4.79 Å². The number of anilines is 1. The molecule has 118 valence electrons. The quantitative estimate of drug-likeness (QED) is 0.715. The number of nitrogens with two attached hydrogens (primary N) is 1. The fraction of sp³-hybridized carbons (Fsp3) is 0.118. The summed E-state index contributed by atoms with van der Waals surface area (Å²) in [5.74, 6) is -0.389. The van der Waals surface area contributed by atoms with E-state index in [-0.39, 0.29) is 27.5 Å². The van der Waals surface area contributed by atoms with Gasteiger partial charge in [-0.25, -0.2) is 4.39 Å². The first kappa shape index (κ1) is 15.4. The highest BCUT2D eigenvalue weighted by atomic mass is 35.5. The van der Waals surface area contributed by atoms with Gasteiger partial charge in [-0.1, -0.05) is 11.6 Å². The van der Waals surface area contributed by atoms with Crippen LogP contribution in [-0.4, -0.2) is 7.11 Å². The van der Waals surface area contributed by atoms with Crippen molar-refractivity contribution < 1.29 is 13.5 Å². The summed E-state index contributed by atoms with van der Waals surface area (Å²) in [5, 5.41) is 0.250. The van der Waals surface area contributed by atoms with E-state index in [1.165, 1.54) is 25.3 Å². The molecule has 0 unspecified atom stereocenters. The SMILES string of the molecule is COc1c(-c2ccc(F)c(Cl)c2)oc2c(N)cc(C)cc2c1=O. The minimum atomic E-state index is -0.562. The lowest BCUT2D eigenvalue weighted by atomic mass is 10.1. The summed E-state index contributed by atoms with van der Waals surface area (Å²) in [6.07, 6.45) is 0. The molecule has 0 aliphatic heterocycles. The van der Waals surface area contributed by atoms with Crippen molar-refractivity contribution in [2.24, 2.45) is 0 Å². The molecule has 0 fully saturated rings. The normalized spacial score (nSPS) is 11.0. The monoisotopic (exact) mass is 333 g/mol. The van der Waals surface area contributed by atoms with Gasteiger partial charge in [-0.2, -0.15) is 0 Å². The van der Waals surface area contributed by atoms with Crippen molar-refractivity contribution in [3.63, 3.8) is 0 Å². The fourth-order valence-corrected chi connectivity index (χ4v) is 2.65. The average molecular weight is 334 g/mol. The summed E-state index contributed by atoms with van der Waals surface area (Å²) in [6.45, 7) is 1.83. The van der Waals surface area contributed by atoms with Crippen LogP contribution in [0.2, 0.25) is 5.02 Å². The van der Waals surface area contributed by atoms with Crippen LogP contribution in [-0.2, 0) is 0 Å². The van der Waals surface area contributed by atoms with Gasteiger partial charge in [0.1, 0.15) is 5.82 Å². The Morgan fingerprint density at radius 3 is 2.65 bits per heavy atom. The van der Waals surface area contributed by atoms with Crippen molar-refractivity contribution in [3.8, 4) is 17.1 Å². The minimum Gasteiger partial charge on any atom is -0.490 e. The first-order chi connectivity index (χ1) is 10.9. The van der Waals surface area contributed by atoms with Gasteiger partial charge in [0.15, 0.2) is 11.3 Å². The van der Waals surface area contributed by atoms with Crippen LogP contribution < -0.4 is 15.9 Å². The summed E-state index contributed by atoms with van der Waals surface area (Å²) in [4.78, 5) is 12.7. The molecule has 3 aromatic rings. The lowest BCUT2D eigenvalue weighted by Gasteiger charge is -2.11. The molecule has 2 aromatic carbocycles. The van der Waals surface area contributed by atoms with Crippen molar-refractivity contribution in [2.45, 2.75) is 6.92 Å². The highest BCUT2D eigenvalue weighted by molar-refractivity contribution is 6.31. The van der Waals surface area contributed by atoms with Crippen LogP contribution in [0.3, 0.4) is 0 Å². The van der Waals surface area contributed by atoms with E-state index in [0.717, 1.165) is 5.56 Å². The second kappa shape index (κ2) is 5.59. The number of hydrogen-bond donors (Lipinski definition) is 1. The van der Waals surface area contributed by atoms with E-state index in [0.29, 0.717) is 16.6 Å². The summed E-state index contributed by atoms with van der Waals surface area (Å²) in [5.41, 5.74) is 7.47. The zero-order valence-electron chi connectivity index (χ0n) is 12.4. The van der Waals surface area contributed by atoms with Crippen molar-refractivity contribution in [2.75, 3.05) is 12.8 Å². The molecule has 0 aliphatic rings. The molecule has 0 saturated carbocycles. The highest BCUT2D eigenvalue weighted by Gasteiger charge is 2.19. The zero-order chi connectivity index (χ0) is 16.7. The van der Waals surface area contributed by atoms with E-state index in [4.69, 9.17) is 26.5 Å². The minimum absolute atomic E-state index is 0.0187. The maximum absolute atomic E-state index is 13.4. The molecule has 6 heteroatoms. The molecule has 0 saturated heterocycles. The fourth-order valence-electron chi connectivity index (χ4n) is 2.47. The van der Waals surface area contributed by atoms with Crippen LogP contribution in [0.4, 0.5) is 10.1 Å². The summed E-state index contributed by atoms with van der Waals surface area (Å²) >= 11 is 5.81. The summed E-state index contributed by atoms with van der Waals surface area (Å²) in [7, 11) is 1.37. The number of hydrogen-bond acceptors (Lipinski definition) is 4. The number of nitrogen functional groups attached to an aromatic ring is 1. The first-order valence-electron chi connectivity index (χ1n) is 6.78. The van der Waals surface area contributed by atoms with Gasteiger partial charge in [0.2, 0.25) is 11.2 Å². The number of aryl methyl sites for hydroxylation is 1. The predicted molar refractivity (Wildman–Crippen MR) is 88.6 cm³/mol. The van der Waals surface area contributed by atoms with Crippen molar-refractivity contribution >= 4 is 28.3 Å². The number of methoxy groups -OCH3 is 1. The first-order valence-corrected chi connectivity index (χ1v) is 7.16. The van der Waals surface area contributed by atoms with E-state index >= 15 is 0 Å². The Balaban J connectivity index is 2.41. The van der Waals surface area contributed by atoms with E-state index in [2.05, 4.69) is 0 Å². The molecule has 0 amide bonds. The van der Waals surface area contributed by atoms with Crippen LogP contribution >= 0.6 is 11.6 Å². The maximum atomic E-state index is 13.4. The van der Waals surface area contributed by atoms with Gasteiger partial charge in [0.05, 0.1) is 23.2 Å². The molecule has 0 aliphatic carbocycles. The lowest BCUT2D eigenvalue weighted by Crippen LogP contribution is -2.09. The topological polar surface area (TPSA) is 65.5 Å². The van der Waals surface area contributed by atoms with Crippen LogP contribution in [0, 0.1) is 12.7 Å². The van der Waals surface area contributed by atoms with Crippen LogP contribution in [0.5, 0.6) is 5.75 Å².